The molecular weight excluding hydrogens is 392 g/mol. The minimum Gasteiger partial charge on any atom is -0.490 e. The summed E-state index contributed by atoms with van der Waals surface area (Å²) in [6.45, 7) is 8.98. The van der Waals surface area contributed by atoms with Gasteiger partial charge in [0, 0.05) is 18.5 Å². The fraction of sp³-hybridized carbons (Fsp3) is 0.400. The summed E-state index contributed by atoms with van der Waals surface area (Å²) in [7, 11) is 0. The molecule has 1 N–H and O–H groups in total. The Morgan fingerprint density at radius 2 is 1.81 bits per heavy atom. The van der Waals surface area contributed by atoms with Gasteiger partial charge in [0.25, 0.3) is 0 Å². The Labute approximate surface area is 183 Å². The van der Waals surface area contributed by atoms with Gasteiger partial charge in [-0.15, -0.1) is 0 Å². The molecule has 0 radical (unpaired) electrons. The molecule has 1 aromatic heterocycles. The first-order valence-electron chi connectivity index (χ1n) is 11.0. The fourth-order valence-electron chi connectivity index (χ4n) is 4.07. The summed E-state index contributed by atoms with van der Waals surface area (Å²) < 4.78 is 17.4. The largest absolute Gasteiger partial charge is 0.490 e. The van der Waals surface area contributed by atoms with Crippen molar-refractivity contribution in [2.75, 3.05) is 26.3 Å². The van der Waals surface area contributed by atoms with Crippen LogP contribution in [0.5, 0.6) is 11.5 Å². The van der Waals surface area contributed by atoms with Crippen LogP contribution in [0.15, 0.2) is 46.9 Å². The van der Waals surface area contributed by atoms with Crippen molar-refractivity contribution in [1.82, 2.24) is 10.2 Å². The van der Waals surface area contributed by atoms with Gasteiger partial charge in [-0.25, -0.2) is 0 Å². The quantitative estimate of drug-likeness (QED) is 0.580. The number of ether oxygens (including phenoxy) is 2. The summed E-state index contributed by atoms with van der Waals surface area (Å²) in [4.78, 5) is 14.9. The molecule has 1 aliphatic heterocycles. The molecule has 0 unspecified atom stereocenters. The number of hydrogen-bond donors (Lipinski definition) is 1. The molecule has 0 saturated heterocycles. The second kappa shape index (κ2) is 9.43. The lowest BCUT2D eigenvalue weighted by molar-refractivity contribution is -0.123. The van der Waals surface area contributed by atoms with Crippen LogP contribution in [0.3, 0.4) is 0 Å². The average Bonchev–Trinajstić information content (AvgIpc) is 3.19. The number of fused-ring (bicyclic) bond motifs is 2. The van der Waals surface area contributed by atoms with Gasteiger partial charge in [0.2, 0.25) is 5.91 Å². The van der Waals surface area contributed by atoms with E-state index < -0.39 is 0 Å². The maximum absolute atomic E-state index is 12.7. The van der Waals surface area contributed by atoms with Gasteiger partial charge >= 0.3 is 0 Å². The highest BCUT2D eigenvalue weighted by Gasteiger charge is 2.22. The Morgan fingerprint density at radius 3 is 2.52 bits per heavy atom. The van der Waals surface area contributed by atoms with E-state index in [1.165, 1.54) is 11.1 Å². The minimum absolute atomic E-state index is 0.00706. The van der Waals surface area contributed by atoms with Crippen molar-refractivity contribution in [3.63, 3.8) is 0 Å². The monoisotopic (exact) mass is 422 g/mol. The maximum atomic E-state index is 12.7. The van der Waals surface area contributed by atoms with Crippen molar-refractivity contribution < 1.29 is 18.7 Å². The lowest BCUT2D eigenvalue weighted by Crippen LogP contribution is -2.40. The Balaban J connectivity index is 1.39. The molecule has 6 nitrogen and oxygen atoms in total. The smallest absolute Gasteiger partial charge is 0.234 e. The molecule has 2 aromatic carbocycles. The Morgan fingerprint density at radius 1 is 1.10 bits per heavy atom. The fourth-order valence-corrected chi connectivity index (χ4v) is 4.07. The van der Waals surface area contributed by atoms with E-state index in [2.05, 4.69) is 22.3 Å². The van der Waals surface area contributed by atoms with E-state index in [1.807, 2.05) is 51.1 Å². The Kier molecular flexibility index (Phi) is 6.47. The van der Waals surface area contributed by atoms with Crippen molar-refractivity contribution in [2.45, 2.75) is 39.8 Å². The van der Waals surface area contributed by atoms with Crippen LogP contribution in [0.1, 0.15) is 43.7 Å². The van der Waals surface area contributed by atoms with Crippen LogP contribution >= 0.6 is 0 Å². The third kappa shape index (κ3) is 4.85. The summed E-state index contributed by atoms with van der Waals surface area (Å²) >= 11 is 0. The zero-order valence-electron chi connectivity index (χ0n) is 18.4. The zero-order valence-corrected chi connectivity index (χ0v) is 18.4. The van der Waals surface area contributed by atoms with Crippen LogP contribution in [-0.4, -0.2) is 37.1 Å². The molecule has 0 saturated carbocycles. The number of carbonyl (C=O) groups excluding carboxylic acids is 1. The number of rotatable bonds is 8. The third-order valence-corrected chi connectivity index (χ3v) is 5.57. The summed E-state index contributed by atoms with van der Waals surface area (Å²) in [5.74, 6) is 2.33. The second-order valence-corrected chi connectivity index (χ2v) is 7.87. The molecule has 0 aliphatic carbocycles. The summed E-state index contributed by atoms with van der Waals surface area (Å²) in [6, 6.07) is 13.8. The van der Waals surface area contributed by atoms with Crippen LogP contribution in [0.4, 0.5) is 0 Å². The average molecular weight is 423 g/mol. The minimum atomic E-state index is -0.185. The normalized spacial score (nSPS) is 14.8. The highest BCUT2D eigenvalue weighted by atomic mass is 16.5. The first-order chi connectivity index (χ1) is 15.1. The number of nitrogens with zero attached hydrogens (tertiary/aromatic N) is 1. The number of amides is 1. The summed E-state index contributed by atoms with van der Waals surface area (Å²) in [5, 5.41) is 4.11. The molecular formula is C25H30N2O4. The van der Waals surface area contributed by atoms with E-state index in [0.29, 0.717) is 26.3 Å². The number of para-hydroxylation sites is 1. The van der Waals surface area contributed by atoms with Gasteiger partial charge in [-0.2, -0.15) is 0 Å². The molecule has 31 heavy (non-hydrogen) atoms. The summed E-state index contributed by atoms with van der Waals surface area (Å²) in [6.07, 6.45) is 0.883. The Bertz CT molecular complexity index is 1030. The van der Waals surface area contributed by atoms with Gasteiger partial charge in [-0.05, 0) is 62.6 Å². The van der Waals surface area contributed by atoms with Crippen molar-refractivity contribution in [1.29, 1.82) is 0 Å². The van der Waals surface area contributed by atoms with E-state index in [4.69, 9.17) is 13.9 Å². The maximum Gasteiger partial charge on any atom is 0.234 e. The third-order valence-electron chi connectivity index (χ3n) is 5.57. The van der Waals surface area contributed by atoms with Crippen LogP contribution < -0.4 is 14.8 Å². The predicted octanol–water partition coefficient (Wildman–Crippen LogP) is 4.47. The molecule has 4 rings (SSSR count). The van der Waals surface area contributed by atoms with Crippen molar-refractivity contribution >= 4 is 16.9 Å². The van der Waals surface area contributed by atoms with E-state index in [9.17, 15) is 4.79 Å². The summed E-state index contributed by atoms with van der Waals surface area (Å²) in [5.41, 5.74) is 3.29. The SMILES string of the molecule is CCOc1cc2c(cc1OCC)CN(CC(=O)N[C@@H](C)c1cc3ccccc3o1)CC2. The van der Waals surface area contributed by atoms with Gasteiger partial charge in [0.1, 0.15) is 11.3 Å². The van der Waals surface area contributed by atoms with E-state index >= 15 is 0 Å². The number of benzene rings is 2. The zero-order chi connectivity index (χ0) is 21.8. The number of furan rings is 1. The van der Waals surface area contributed by atoms with Crippen LogP contribution in [0.2, 0.25) is 0 Å². The van der Waals surface area contributed by atoms with Gasteiger partial charge in [-0.1, -0.05) is 18.2 Å². The van der Waals surface area contributed by atoms with E-state index in [1.54, 1.807) is 0 Å². The molecule has 164 valence electrons. The van der Waals surface area contributed by atoms with Crippen molar-refractivity contribution in [3.05, 3.63) is 59.4 Å². The van der Waals surface area contributed by atoms with Gasteiger partial charge < -0.3 is 19.2 Å². The molecule has 1 atom stereocenters. The molecule has 3 aromatic rings. The van der Waals surface area contributed by atoms with Gasteiger partial charge in [0.15, 0.2) is 11.5 Å². The van der Waals surface area contributed by atoms with E-state index in [-0.39, 0.29) is 11.9 Å². The highest BCUT2D eigenvalue weighted by molar-refractivity contribution is 5.80. The number of nitrogens with one attached hydrogen (secondary N) is 1. The molecule has 0 fully saturated rings. The molecule has 2 heterocycles. The van der Waals surface area contributed by atoms with Crippen LogP contribution in [0.25, 0.3) is 11.0 Å². The van der Waals surface area contributed by atoms with Crippen LogP contribution in [0, 0.1) is 0 Å². The van der Waals surface area contributed by atoms with Crippen molar-refractivity contribution in [3.8, 4) is 11.5 Å². The molecule has 0 bridgehead atoms. The molecule has 0 spiro atoms. The molecule has 6 heteroatoms. The lowest BCUT2D eigenvalue weighted by atomic mass is 9.98. The predicted molar refractivity (Wildman–Crippen MR) is 121 cm³/mol. The topological polar surface area (TPSA) is 63.9 Å². The van der Waals surface area contributed by atoms with Crippen molar-refractivity contribution in [2.24, 2.45) is 0 Å². The first-order valence-corrected chi connectivity index (χ1v) is 11.0. The standard InChI is InChI=1S/C25H30N2O4/c1-4-29-23-12-18-10-11-27(15-20(18)14-24(23)30-5-2)16-25(28)26-17(3)22-13-19-8-6-7-9-21(19)31-22/h6-9,12-14,17H,4-5,10-11,15-16H2,1-3H3,(H,26,28)/t17-/m0/s1. The van der Waals surface area contributed by atoms with Gasteiger partial charge in [0.05, 0.1) is 25.8 Å². The van der Waals surface area contributed by atoms with Gasteiger partial charge in [-0.3, -0.25) is 9.69 Å². The Hall–Kier alpha value is -2.99. The first kappa shape index (κ1) is 21.2. The number of hydrogen-bond acceptors (Lipinski definition) is 5. The highest BCUT2D eigenvalue weighted by Crippen LogP contribution is 2.34. The van der Waals surface area contributed by atoms with E-state index in [0.717, 1.165) is 41.2 Å². The number of carbonyl (C=O) groups is 1. The second-order valence-electron chi connectivity index (χ2n) is 7.87. The molecule has 1 aliphatic rings. The lowest BCUT2D eigenvalue weighted by Gasteiger charge is -2.29. The van der Waals surface area contributed by atoms with Crippen LogP contribution in [-0.2, 0) is 17.8 Å². The molecule has 1 amide bonds.